The lowest BCUT2D eigenvalue weighted by Crippen LogP contribution is -2.36. The van der Waals surface area contributed by atoms with E-state index in [1.165, 1.54) is 4.90 Å². The van der Waals surface area contributed by atoms with E-state index in [1.807, 2.05) is 19.1 Å². The molecule has 1 atom stereocenters. The summed E-state index contributed by atoms with van der Waals surface area (Å²) in [6, 6.07) is 15.1. The normalized spacial score (nSPS) is 14.2. The van der Waals surface area contributed by atoms with Crippen LogP contribution in [0.5, 0.6) is 5.88 Å². The van der Waals surface area contributed by atoms with Crippen molar-refractivity contribution in [3.63, 3.8) is 0 Å². The fraction of sp³-hybridized carbons (Fsp3) is 0.280. The predicted octanol–water partition coefficient (Wildman–Crippen LogP) is 3.32. The minimum absolute atomic E-state index is 0.109. The molecular formula is C25H26ClN5O5. The maximum Gasteiger partial charge on any atom is 0.328 e. The van der Waals surface area contributed by atoms with E-state index < -0.39 is 18.7 Å². The SMILES string of the molecule is CCN1C(=O)CCN(C(=O)Nc2cccc(OC[C@@H](O)CO)n2)c2nc(-c3cccc(Cl)c3)ccc21. The van der Waals surface area contributed by atoms with Crippen LogP contribution in [0.3, 0.4) is 0 Å². The monoisotopic (exact) mass is 511 g/mol. The van der Waals surface area contributed by atoms with E-state index in [-0.39, 0.29) is 37.2 Å². The number of hydrogen-bond acceptors (Lipinski definition) is 7. The number of carbonyl (C=O) groups is 2. The largest absolute Gasteiger partial charge is 0.475 e. The van der Waals surface area contributed by atoms with E-state index in [1.54, 1.807) is 47.4 Å². The van der Waals surface area contributed by atoms with Crippen molar-refractivity contribution in [3.8, 4) is 17.1 Å². The Morgan fingerprint density at radius 1 is 1.19 bits per heavy atom. The van der Waals surface area contributed by atoms with E-state index >= 15 is 0 Å². The zero-order valence-electron chi connectivity index (χ0n) is 19.6. The summed E-state index contributed by atoms with van der Waals surface area (Å²) >= 11 is 6.16. The Bertz CT molecular complexity index is 1260. The van der Waals surface area contributed by atoms with Crippen LogP contribution in [0.15, 0.2) is 54.6 Å². The van der Waals surface area contributed by atoms with Crippen molar-refractivity contribution >= 4 is 40.9 Å². The van der Waals surface area contributed by atoms with E-state index in [9.17, 15) is 14.7 Å². The lowest BCUT2D eigenvalue weighted by molar-refractivity contribution is -0.118. The van der Waals surface area contributed by atoms with Crippen molar-refractivity contribution in [1.29, 1.82) is 0 Å². The molecule has 188 valence electrons. The summed E-state index contributed by atoms with van der Waals surface area (Å²) in [5.41, 5.74) is 1.92. The van der Waals surface area contributed by atoms with Crippen molar-refractivity contribution in [2.24, 2.45) is 0 Å². The Morgan fingerprint density at radius 2 is 2.00 bits per heavy atom. The number of amides is 3. The van der Waals surface area contributed by atoms with Crippen LogP contribution in [0.25, 0.3) is 11.3 Å². The quantitative estimate of drug-likeness (QED) is 0.444. The number of aromatic nitrogens is 2. The number of anilines is 3. The molecule has 3 heterocycles. The molecule has 3 amide bonds. The molecule has 1 aromatic carbocycles. The molecule has 0 radical (unpaired) electrons. The van der Waals surface area contributed by atoms with E-state index in [0.29, 0.717) is 28.8 Å². The number of nitrogens with one attached hydrogen (secondary N) is 1. The molecule has 0 bridgehead atoms. The molecule has 3 aromatic rings. The van der Waals surface area contributed by atoms with Gasteiger partial charge in [0.15, 0.2) is 5.82 Å². The van der Waals surface area contributed by atoms with Gasteiger partial charge in [-0.1, -0.05) is 29.8 Å². The Morgan fingerprint density at radius 3 is 2.75 bits per heavy atom. The Hall–Kier alpha value is -3.73. The number of aliphatic hydroxyl groups excluding tert-OH is 2. The van der Waals surface area contributed by atoms with Crippen LogP contribution < -0.4 is 19.9 Å². The number of rotatable bonds is 7. The maximum absolute atomic E-state index is 13.4. The van der Waals surface area contributed by atoms with Gasteiger partial charge in [-0.2, -0.15) is 4.98 Å². The number of hydrogen-bond donors (Lipinski definition) is 3. The number of carbonyl (C=O) groups excluding carboxylic acids is 2. The molecule has 11 heteroatoms. The zero-order chi connectivity index (χ0) is 25.7. The highest BCUT2D eigenvalue weighted by Gasteiger charge is 2.30. The van der Waals surface area contributed by atoms with Gasteiger partial charge in [-0.15, -0.1) is 0 Å². The van der Waals surface area contributed by atoms with Gasteiger partial charge >= 0.3 is 6.03 Å². The van der Waals surface area contributed by atoms with Gasteiger partial charge in [-0.3, -0.25) is 15.0 Å². The molecule has 2 aromatic heterocycles. The number of aliphatic hydroxyl groups is 2. The van der Waals surface area contributed by atoms with Crippen molar-refractivity contribution in [2.45, 2.75) is 19.4 Å². The Labute approximate surface area is 213 Å². The van der Waals surface area contributed by atoms with Gasteiger partial charge < -0.3 is 19.8 Å². The number of pyridine rings is 2. The smallest absolute Gasteiger partial charge is 0.328 e. The second-order valence-corrected chi connectivity index (χ2v) is 8.46. The summed E-state index contributed by atoms with van der Waals surface area (Å²) < 4.78 is 5.36. The highest BCUT2D eigenvalue weighted by atomic mass is 35.5. The number of urea groups is 1. The fourth-order valence-corrected chi connectivity index (χ4v) is 3.95. The topological polar surface area (TPSA) is 128 Å². The van der Waals surface area contributed by atoms with Crippen LogP contribution in [-0.4, -0.2) is 64.5 Å². The molecule has 10 nitrogen and oxygen atoms in total. The van der Waals surface area contributed by atoms with Crippen LogP contribution in [0.2, 0.25) is 5.02 Å². The average molecular weight is 512 g/mol. The van der Waals surface area contributed by atoms with Crippen LogP contribution >= 0.6 is 11.6 Å². The first-order valence-corrected chi connectivity index (χ1v) is 11.8. The lowest BCUT2D eigenvalue weighted by Gasteiger charge is -2.24. The van der Waals surface area contributed by atoms with Gasteiger partial charge in [0, 0.05) is 36.2 Å². The summed E-state index contributed by atoms with van der Waals surface area (Å²) in [7, 11) is 0. The Kier molecular flexibility index (Phi) is 7.99. The first kappa shape index (κ1) is 25.4. The highest BCUT2D eigenvalue weighted by molar-refractivity contribution is 6.30. The van der Waals surface area contributed by atoms with E-state index in [0.717, 1.165) is 5.56 Å². The standard InChI is InChI=1S/C25H26ClN5O5/c1-2-30-20-10-9-19(16-5-3-6-17(26)13-16)27-24(20)31(12-11-23(30)34)25(35)29-21-7-4-8-22(28-21)36-15-18(33)14-32/h3-10,13,18,32-33H,2,11-12,14-15H2,1H3,(H,28,29,35)/t18-/m0/s1. The van der Waals surface area contributed by atoms with Gasteiger partial charge in [-0.25, -0.2) is 9.78 Å². The molecule has 0 unspecified atom stereocenters. The molecule has 0 saturated heterocycles. The second-order valence-electron chi connectivity index (χ2n) is 8.03. The number of fused-ring (bicyclic) bond motifs is 1. The third kappa shape index (κ3) is 5.73. The molecule has 3 N–H and O–H groups in total. The molecule has 36 heavy (non-hydrogen) atoms. The van der Waals surface area contributed by atoms with Gasteiger partial charge in [0.1, 0.15) is 18.5 Å². The maximum atomic E-state index is 13.4. The molecule has 0 aliphatic carbocycles. The third-order valence-corrected chi connectivity index (χ3v) is 5.76. The molecule has 4 rings (SSSR count). The molecule has 0 saturated carbocycles. The van der Waals surface area contributed by atoms with Crippen molar-refractivity contribution in [2.75, 3.05) is 41.4 Å². The second kappa shape index (κ2) is 11.3. The third-order valence-electron chi connectivity index (χ3n) is 5.53. The van der Waals surface area contributed by atoms with Crippen LogP contribution in [0.4, 0.5) is 22.1 Å². The van der Waals surface area contributed by atoms with Crippen molar-refractivity contribution in [1.82, 2.24) is 9.97 Å². The number of nitrogens with zero attached hydrogens (tertiary/aromatic N) is 4. The molecule has 0 fully saturated rings. The number of halogens is 1. The van der Waals surface area contributed by atoms with Gasteiger partial charge in [0.25, 0.3) is 0 Å². The van der Waals surface area contributed by atoms with Gasteiger partial charge in [0.05, 0.1) is 18.0 Å². The van der Waals surface area contributed by atoms with Crippen molar-refractivity contribution < 1.29 is 24.5 Å². The highest BCUT2D eigenvalue weighted by Crippen LogP contribution is 2.34. The molecule has 1 aliphatic heterocycles. The summed E-state index contributed by atoms with van der Waals surface area (Å²) in [5.74, 6) is 0.621. The zero-order valence-corrected chi connectivity index (χ0v) is 20.4. The van der Waals surface area contributed by atoms with Crippen LogP contribution in [0, 0.1) is 0 Å². The summed E-state index contributed by atoms with van der Waals surface area (Å²) in [6.07, 6.45) is -0.919. The summed E-state index contributed by atoms with van der Waals surface area (Å²) in [4.78, 5) is 38.2. The minimum Gasteiger partial charge on any atom is -0.475 e. The summed E-state index contributed by atoms with van der Waals surface area (Å²) in [5, 5.41) is 21.7. The lowest BCUT2D eigenvalue weighted by atomic mass is 10.1. The first-order chi connectivity index (χ1) is 17.4. The van der Waals surface area contributed by atoms with Gasteiger partial charge in [0.2, 0.25) is 11.8 Å². The molecule has 0 spiro atoms. The van der Waals surface area contributed by atoms with E-state index in [2.05, 4.69) is 10.3 Å². The van der Waals surface area contributed by atoms with Gasteiger partial charge in [-0.05, 0) is 37.3 Å². The van der Waals surface area contributed by atoms with Crippen LogP contribution in [-0.2, 0) is 4.79 Å². The predicted molar refractivity (Wildman–Crippen MR) is 137 cm³/mol. The number of benzene rings is 1. The summed E-state index contributed by atoms with van der Waals surface area (Å²) in [6.45, 7) is 1.83. The van der Waals surface area contributed by atoms with Crippen molar-refractivity contribution in [3.05, 3.63) is 59.6 Å². The van der Waals surface area contributed by atoms with E-state index in [4.69, 9.17) is 26.4 Å². The average Bonchev–Trinajstić information content (AvgIpc) is 3.02. The fourth-order valence-electron chi connectivity index (χ4n) is 3.76. The number of ether oxygens (including phenoxy) is 1. The van der Waals surface area contributed by atoms with Crippen LogP contribution in [0.1, 0.15) is 13.3 Å². The minimum atomic E-state index is -1.04. The first-order valence-electron chi connectivity index (χ1n) is 11.4. The molecular weight excluding hydrogens is 486 g/mol. The Balaban J connectivity index is 1.65. The molecule has 1 aliphatic rings.